The molecular formula is C9H18F2O. The van der Waals surface area contributed by atoms with Gasteiger partial charge < -0.3 is 4.74 Å². The van der Waals surface area contributed by atoms with E-state index in [0.717, 1.165) is 13.3 Å². The summed E-state index contributed by atoms with van der Waals surface area (Å²) < 4.78 is 30.7. The average Bonchev–Trinajstić information content (AvgIpc) is 1.83. The zero-order chi connectivity index (χ0) is 9.78. The first-order valence-electron chi connectivity index (χ1n) is 4.41. The summed E-state index contributed by atoms with van der Waals surface area (Å²) in [6, 6.07) is 0. The fourth-order valence-corrected chi connectivity index (χ4v) is 1.03. The van der Waals surface area contributed by atoms with Gasteiger partial charge in [0.2, 0.25) is 0 Å². The van der Waals surface area contributed by atoms with Gasteiger partial charge in [-0.3, -0.25) is 0 Å². The molecular weight excluding hydrogens is 162 g/mol. The fourth-order valence-electron chi connectivity index (χ4n) is 1.03. The van der Waals surface area contributed by atoms with Gasteiger partial charge >= 0.3 is 0 Å². The number of hydrogen-bond donors (Lipinski definition) is 0. The van der Waals surface area contributed by atoms with Crippen molar-refractivity contribution in [3.05, 3.63) is 0 Å². The van der Waals surface area contributed by atoms with Gasteiger partial charge in [0.25, 0.3) is 5.92 Å². The van der Waals surface area contributed by atoms with E-state index >= 15 is 0 Å². The maximum Gasteiger partial charge on any atom is 0.271 e. The molecule has 1 atom stereocenters. The molecule has 0 saturated heterocycles. The fraction of sp³-hybridized carbons (Fsp3) is 1.00. The van der Waals surface area contributed by atoms with Crippen LogP contribution >= 0.6 is 0 Å². The lowest BCUT2D eigenvalue weighted by Crippen LogP contribution is -2.34. The molecule has 0 aromatic heterocycles. The lowest BCUT2D eigenvalue weighted by atomic mass is 10.1. The van der Waals surface area contributed by atoms with Crippen LogP contribution in [0.15, 0.2) is 0 Å². The summed E-state index contributed by atoms with van der Waals surface area (Å²) in [7, 11) is 0. The molecule has 1 nitrogen and oxygen atoms in total. The third-order valence-electron chi connectivity index (χ3n) is 1.55. The lowest BCUT2D eigenvalue weighted by molar-refractivity contribution is -0.145. The van der Waals surface area contributed by atoms with Gasteiger partial charge in [-0.25, -0.2) is 8.78 Å². The van der Waals surface area contributed by atoms with Crippen LogP contribution in [0, 0.1) is 0 Å². The molecule has 74 valence electrons. The van der Waals surface area contributed by atoms with Crippen LogP contribution < -0.4 is 0 Å². The molecule has 0 N–H and O–H groups in total. The number of hydrogen-bond acceptors (Lipinski definition) is 1. The van der Waals surface area contributed by atoms with Crippen molar-refractivity contribution in [2.45, 2.75) is 58.7 Å². The SMILES string of the molecule is CCCC(OC(C)C)C(C)(F)F. The van der Waals surface area contributed by atoms with Gasteiger partial charge in [0, 0.05) is 6.92 Å². The molecule has 0 aromatic carbocycles. The highest BCUT2D eigenvalue weighted by Gasteiger charge is 2.34. The maximum atomic E-state index is 12.8. The van der Waals surface area contributed by atoms with Crippen LogP contribution in [0.5, 0.6) is 0 Å². The Balaban J connectivity index is 4.04. The molecule has 0 aliphatic carbocycles. The number of rotatable bonds is 5. The molecule has 0 aliphatic heterocycles. The lowest BCUT2D eigenvalue weighted by Gasteiger charge is -2.25. The minimum atomic E-state index is -2.72. The van der Waals surface area contributed by atoms with Crippen molar-refractivity contribution >= 4 is 0 Å². The van der Waals surface area contributed by atoms with E-state index in [4.69, 9.17) is 4.74 Å². The standard InChI is InChI=1S/C9H18F2O/c1-5-6-8(9(4,10)11)12-7(2)3/h7-8H,5-6H2,1-4H3. The Hall–Kier alpha value is -0.180. The van der Waals surface area contributed by atoms with Crippen molar-refractivity contribution in [3.63, 3.8) is 0 Å². The first-order chi connectivity index (χ1) is 5.38. The maximum absolute atomic E-state index is 12.8. The predicted molar refractivity (Wildman–Crippen MR) is 45.5 cm³/mol. The summed E-state index contributed by atoms with van der Waals surface area (Å²) in [5, 5.41) is 0. The summed E-state index contributed by atoms with van der Waals surface area (Å²) >= 11 is 0. The van der Waals surface area contributed by atoms with Crippen molar-refractivity contribution in [1.82, 2.24) is 0 Å². The first kappa shape index (κ1) is 11.8. The third kappa shape index (κ3) is 4.65. The normalized spacial score (nSPS) is 15.2. The van der Waals surface area contributed by atoms with Crippen molar-refractivity contribution < 1.29 is 13.5 Å². The van der Waals surface area contributed by atoms with E-state index in [-0.39, 0.29) is 6.10 Å². The number of halogens is 2. The molecule has 0 aliphatic rings. The Kier molecular flexibility index (Phi) is 4.68. The summed E-state index contributed by atoms with van der Waals surface area (Å²) in [5.74, 6) is -2.72. The molecule has 0 saturated carbocycles. The Morgan fingerprint density at radius 2 is 1.83 bits per heavy atom. The van der Waals surface area contributed by atoms with Crippen molar-refractivity contribution in [1.29, 1.82) is 0 Å². The third-order valence-corrected chi connectivity index (χ3v) is 1.55. The van der Waals surface area contributed by atoms with E-state index in [9.17, 15) is 8.78 Å². The molecule has 0 fully saturated rings. The summed E-state index contributed by atoms with van der Waals surface area (Å²) in [4.78, 5) is 0. The average molecular weight is 180 g/mol. The first-order valence-corrected chi connectivity index (χ1v) is 4.41. The van der Waals surface area contributed by atoms with Gasteiger partial charge in [-0.2, -0.15) is 0 Å². The minimum absolute atomic E-state index is 0.132. The molecule has 0 rings (SSSR count). The molecule has 0 amide bonds. The number of ether oxygens (including phenoxy) is 1. The Morgan fingerprint density at radius 1 is 1.33 bits per heavy atom. The second-order valence-electron chi connectivity index (χ2n) is 3.42. The molecule has 3 heteroatoms. The summed E-state index contributed by atoms with van der Waals surface area (Å²) in [6.07, 6.45) is 0.0811. The molecule has 0 aromatic rings. The highest BCUT2D eigenvalue weighted by atomic mass is 19.3. The monoisotopic (exact) mass is 180 g/mol. The highest BCUT2D eigenvalue weighted by Crippen LogP contribution is 2.24. The molecule has 0 heterocycles. The van der Waals surface area contributed by atoms with Gasteiger partial charge in [-0.05, 0) is 20.3 Å². The zero-order valence-electron chi connectivity index (χ0n) is 8.23. The van der Waals surface area contributed by atoms with E-state index < -0.39 is 12.0 Å². The second kappa shape index (κ2) is 4.75. The van der Waals surface area contributed by atoms with Crippen molar-refractivity contribution in [2.75, 3.05) is 0 Å². The number of alkyl halides is 2. The summed E-state index contributed by atoms with van der Waals surface area (Å²) in [5.41, 5.74) is 0. The zero-order valence-corrected chi connectivity index (χ0v) is 8.23. The van der Waals surface area contributed by atoms with E-state index in [1.54, 1.807) is 13.8 Å². The van der Waals surface area contributed by atoms with Crippen LogP contribution in [0.4, 0.5) is 8.78 Å². The van der Waals surface area contributed by atoms with Gasteiger partial charge in [-0.1, -0.05) is 13.3 Å². The Morgan fingerprint density at radius 3 is 2.08 bits per heavy atom. The summed E-state index contributed by atoms with van der Waals surface area (Å²) in [6.45, 7) is 6.33. The molecule has 12 heavy (non-hydrogen) atoms. The van der Waals surface area contributed by atoms with Crippen molar-refractivity contribution in [3.8, 4) is 0 Å². The topological polar surface area (TPSA) is 9.23 Å². The van der Waals surface area contributed by atoms with Gasteiger partial charge in [0.05, 0.1) is 6.10 Å². The van der Waals surface area contributed by atoms with Crippen molar-refractivity contribution in [2.24, 2.45) is 0 Å². The largest absolute Gasteiger partial charge is 0.369 e. The quantitative estimate of drug-likeness (QED) is 0.631. The molecule has 0 radical (unpaired) electrons. The Bertz CT molecular complexity index is 118. The van der Waals surface area contributed by atoms with Gasteiger partial charge in [-0.15, -0.1) is 0 Å². The van der Waals surface area contributed by atoms with Crippen LogP contribution in [0.1, 0.15) is 40.5 Å². The van der Waals surface area contributed by atoms with Crippen LogP contribution in [-0.2, 0) is 4.74 Å². The van der Waals surface area contributed by atoms with E-state index in [0.29, 0.717) is 6.42 Å². The van der Waals surface area contributed by atoms with Gasteiger partial charge in [0.15, 0.2) is 0 Å². The minimum Gasteiger partial charge on any atom is -0.369 e. The van der Waals surface area contributed by atoms with Gasteiger partial charge in [0.1, 0.15) is 6.10 Å². The van der Waals surface area contributed by atoms with E-state index in [1.807, 2.05) is 6.92 Å². The van der Waals surface area contributed by atoms with Crippen LogP contribution in [-0.4, -0.2) is 18.1 Å². The second-order valence-corrected chi connectivity index (χ2v) is 3.42. The smallest absolute Gasteiger partial charge is 0.271 e. The Labute approximate surface area is 73.1 Å². The molecule has 0 bridgehead atoms. The van der Waals surface area contributed by atoms with Crippen LogP contribution in [0.25, 0.3) is 0 Å². The van der Waals surface area contributed by atoms with Crippen LogP contribution in [0.2, 0.25) is 0 Å². The van der Waals surface area contributed by atoms with Crippen LogP contribution in [0.3, 0.4) is 0 Å². The van der Waals surface area contributed by atoms with E-state index in [2.05, 4.69) is 0 Å². The predicted octanol–water partition coefficient (Wildman–Crippen LogP) is 3.24. The van der Waals surface area contributed by atoms with E-state index in [1.165, 1.54) is 0 Å². The molecule has 0 spiro atoms. The highest BCUT2D eigenvalue weighted by molar-refractivity contribution is 4.73. The molecule has 1 unspecified atom stereocenters.